The van der Waals surface area contributed by atoms with Crippen molar-refractivity contribution in [2.24, 2.45) is 104 Å². The van der Waals surface area contributed by atoms with Gasteiger partial charge in [0.1, 0.15) is 23.6 Å². The number of allylic oxidation sites excluding steroid dienone is 2. The maximum atomic E-state index is 16.5. The molecular formula is C79H93NO9. The van der Waals surface area contributed by atoms with Crippen molar-refractivity contribution in [2.75, 3.05) is 7.05 Å². The second-order valence-corrected chi connectivity index (χ2v) is 33.6. The number of nitrogens with one attached hydrogen (secondary N) is 1. The number of rotatable bonds is 4. The smallest absolute Gasteiger partial charge is 0.331 e. The number of aliphatic hydroxyl groups is 5. The van der Waals surface area contributed by atoms with Crippen LogP contribution in [-0.4, -0.2) is 91.6 Å². The molecule has 0 amide bonds. The Morgan fingerprint density at radius 1 is 0.764 bits per heavy atom. The standard InChI is InChI=1S/C79H93NO9/c1-80-64-37-57-49(15-8-17-53(57)42-81)14-5-6-24-72-27-23-65-74(44-82)43-76-62-35-55-33-50(48-12-3-2-4-13-48)21-25-71(55,76)26-22-61(62)75-29-28-73(70(76)89-75)40-52-16-9-18-56(51-20-19-46(32-51)30-45-10-7-11-47(31-45)39-75)58(52)36-63(79(73,74)87)69(84)78(65,86)77(72,85)41-54-34-59(64)68-60(67(54)72)38-66(83)88-68/h2-4,7-13,15-17,31,38,44,46,50-52,54-56,58-59,61-65,67-70,80-81,84-87H,6,18-30,32-37,39-43H2,1H3/t46-,50+,51-,52+,54-,55-,56+,58+,59+,61+,62-,63+,64-,65+,67+,68-,69-,70+,71-,72+,73+,74-,75+,76-,77+,78+,79-/m0/s1. The minimum absolute atomic E-state index is 0.0803. The quantitative estimate of drug-likeness (QED) is 0.0641. The van der Waals surface area contributed by atoms with E-state index in [1.165, 1.54) is 29.4 Å². The Kier molecular flexibility index (Phi) is 11.9. The third-order valence-electron chi connectivity index (χ3n) is 31.9. The van der Waals surface area contributed by atoms with Gasteiger partial charge in [-0.25, -0.2) is 4.79 Å². The SMILES string of the molecule is CN[C@H]1Cc2c(cccc2CO)C#CCC[C@]23CC[C@H]4[C@@](O)([C@@H](O)[C@H]5C[C@H]6[C@@H]7CC=C[C@@H]6C[C@]68CC[C@]9(Cc%10cccc(c%10)C[C@@H]%10CC[C@H]7C%10)O[C@H]6[C@]6(C[C@@]4(C=O)[C@]58O)[C@H]4C[C@@H]5C[C@H](c7ccccc7)CC[C@]56CC[C@H]49)[C@@]2(O)C[C@@H]2C[C@H]1[C@@H]1OC(=O)C=C1[C@@H]23. The summed E-state index contributed by atoms with van der Waals surface area (Å²) in [6, 6.07) is 26.6. The summed E-state index contributed by atoms with van der Waals surface area (Å²) in [4.78, 5) is 30.6. The zero-order chi connectivity index (χ0) is 60.0. The molecule has 3 aromatic rings. The molecule has 18 aliphatic rings. The number of fused-ring (bicyclic) bond motifs is 7. The first-order valence-electron chi connectivity index (χ1n) is 35.8. The minimum Gasteiger partial charge on any atom is -0.454 e. The van der Waals surface area contributed by atoms with Crippen molar-refractivity contribution >= 4 is 12.3 Å². The van der Waals surface area contributed by atoms with Gasteiger partial charge in [-0.2, -0.15) is 0 Å². The van der Waals surface area contributed by atoms with Crippen molar-refractivity contribution in [2.45, 2.75) is 213 Å². The number of benzene rings is 3. The number of aldehydes is 1. The monoisotopic (exact) mass is 1200 g/mol. The summed E-state index contributed by atoms with van der Waals surface area (Å²) < 4.78 is 15.2. The fourth-order valence-electron chi connectivity index (χ4n) is 29.4. The van der Waals surface area contributed by atoms with Gasteiger partial charge in [0.15, 0.2) is 0 Å². The molecule has 4 aliphatic heterocycles. The zero-order valence-electron chi connectivity index (χ0n) is 52.2. The molecule has 0 radical (unpaired) electrons. The average Bonchev–Trinajstić information content (AvgIpc) is 1.61. The Morgan fingerprint density at radius 3 is 2.46 bits per heavy atom. The van der Waals surface area contributed by atoms with Crippen LogP contribution in [0.1, 0.15) is 174 Å². The fraction of sp³-hybridized carbons (Fsp3) is 0.671. The van der Waals surface area contributed by atoms with E-state index in [1.54, 1.807) is 6.08 Å². The second-order valence-electron chi connectivity index (χ2n) is 33.6. The van der Waals surface area contributed by atoms with Gasteiger partial charge >= 0.3 is 5.97 Å². The summed E-state index contributed by atoms with van der Waals surface area (Å²) in [7, 11) is 1.96. The molecule has 3 aromatic carbocycles. The highest BCUT2D eigenvalue weighted by atomic mass is 16.5. The van der Waals surface area contributed by atoms with Gasteiger partial charge in [0.25, 0.3) is 0 Å². The van der Waals surface area contributed by atoms with E-state index in [-0.39, 0.29) is 78.0 Å². The fourth-order valence-corrected chi connectivity index (χ4v) is 29.4. The van der Waals surface area contributed by atoms with Crippen LogP contribution in [0.15, 0.2) is 96.6 Å². The highest BCUT2D eigenvalue weighted by Gasteiger charge is 2.93. The average molecular weight is 1200 g/mol. The van der Waals surface area contributed by atoms with Crippen LogP contribution in [0.2, 0.25) is 0 Å². The number of aliphatic hydroxyl groups excluding tert-OH is 2. The first kappa shape index (κ1) is 56.1. The number of carbonyl (C=O) groups excluding carboxylic acids is 2. The van der Waals surface area contributed by atoms with E-state index in [1.807, 2.05) is 25.2 Å². The molecule has 0 aromatic heterocycles. The zero-order valence-corrected chi connectivity index (χ0v) is 52.2. The van der Waals surface area contributed by atoms with Crippen molar-refractivity contribution in [3.05, 3.63) is 130 Å². The summed E-state index contributed by atoms with van der Waals surface area (Å²) in [5.41, 5.74) is -2.93. The molecular weight excluding hydrogens is 1110 g/mol. The van der Waals surface area contributed by atoms with Crippen LogP contribution in [-0.2, 0) is 44.9 Å². The molecule has 10 saturated carbocycles. The van der Waals surface area contributed by atoms with Crippen molar-refractivity contribution < 1.29 is 44.6 Å². The van der Waals surface area contributed by atoms with Crippen LogP contribution >= 0.6 is 0 Å². The number of esters is 1. The summed E-state index contributed by atoms with van der Waals surface area (Å²) in [6.07, 6.45) is 24.1. The summed E-state index contributed by atoms with van der Waals surface area (Å²) >= 11 is 0. The van der Waals surface area contributed by atoms with Crippen LogP contribution in [0.4, 0.5) is 0 Å². The molecule has 14 aliphatic carbocycles. The van der Waals surface area contributed by atoms with Gasteiger partial charge in [0.2, 0.25) is 0 Å². The van der Waals surface area contributed by atoms with Gasteiger partial charge in [0, 0.05) is 64.5 Å². The molecule has 89 heavy (non-hydrogen) atoms. The second kappa shape index (κ2) is 18.9. The number of carbonyl (C=O) groups is 2. The lowest BCUT2D eigenvalue weighted by Crippen LogP contribution is -2.91. The third-order valence-corrected chi connectivity index (χ3v) is 31.9. The largest absolute Gasteiger partial charge is 0.454 e. The van der Waals surface area contributed by atoms with E-state index >= 15 is 20.1 Å². The normalized spacial score (nSPS) is 52.6. The predicted octanol–water partition coefficient (Wildman–Crippen LogP) is 10.9. The van der Waals surface area contributed by atoms with Crippen LogP contribution in [0.5, 0.6) is 0 Å². The topological polar surface area (TPSA) is 166 Å². The van der Waals surface area contributed by atoms with E-state index in [4.69, 9.17) is 9.47 Å². The molecule has 18 bridgehead atoms. The Bertz CT molecular complexity index is 3610. The van der Waals surface area contributed by atoms with Crippen LogP contribution < -0.4 is 5.32 Å². The highest BCUT2D eigenvalue weighted by molar-refractivity contribution is 5.86. The molecule has 4 heterocycles. The molecule has 468 valence electrons. The third kappa shape index (κ3) is 6.63. The maximum absolute atomic E-state index is 16.5. The first-order valence-corrected chi connectivity index (χ1v) is 35.8. The lowest BCUT2D eigenvalue weighted by atomic mass is 9.25. The van der Waals surface area contributed by atoms with Crippen LogP contribution in [0, 0.1) is 116 Å². The molecule has 21 rings (SSSR count). The van der Waals surface area contributed by atoms with Crippen molar-refractivity contribution in [1.29, 1.82) is 0 Å². The molecule has 6 N–H and O–H groups in total. The van der Waals surface area contributed by atoms with E-state index in [2.05, 4.69) is 83.9 Å². The number of likely N-dealkylation sites (N-methyl/N-ethyl adjacent to an activating group) is 1. The number of hydrogen-bond donors (Lipinski definition) is 6. The predicted molar refractivity (Wildman–Crippen MR) is 335 cm³/mol. The molecule has 12 fully saturated rings. The molecule has 10 nitrogen and oxygen atoms in total. The summed E-state index contributed by atoms with van der Waals surface area (Å²) in [6.45, 7) is -0.125. The minimum atomic E-state index is -2.24. The van der Waals surface area contributed by atoms with E-state index < -0.39 is 68.1 Å². The molecule has 27 atom stereocenters. The molecule has 5 spiro atoms. The van der Waals surface area contributed by atoms with E-state index in [0.29, 0.717) is 93.8 Å². The summed E-state index contributed by atoms with van der Waals surface area (Å²) in [5.74, 6) is 6.88. The van der Waals surface area contributed by atoms with Gasteiger partial charge in [-0.1, -0.05) is 90.7 Å². The Labute approximate surface area is 525 Å². The van der Waals surface area contributed by atoms with Gasteiger partial charge in [-0.15, -0.1) is 0 Å². The number of ether oxygens (including phenoxy) is 2. The van der Waals surface area contributed by atoms with Crippen LogP contribution in [0.25, 0.3) is 0 Å². The summed E-state index contributed by atoms with van der Waals surface area (Å²) in [5, 5.41) is 76.3. The molecule has 0 unspecified atom stereocenters. The lowest BCUT2D eigenvalue weighted by Gasteiger charge is -2.83. The number of hydrogen-bond acceptors (Lipinski definition) is 10. The lowest BCUT2D eigenvalue weighted by molar-refractivity contribution is -0.447. The van der Waals surface area contributed by atoms with Crippen LogP contribution in [0.3, 0.4) is 0 Å². The van der Waals surface area contributed by atoms with E-state index in [9.17, 15) is 15.0 Å². The highest BCUT2D eigenvalue weighted by Crippen LogP contribution is 2.90. The van der Waals surface area contributed by atoms with Gasteiger partial charge in [0.05, 0.1) is 35.4 Å². The van der Waals surface area contributed by atoms with Crippen molar-refractivity contribution in [3.63, 3.8) is 0 Å². The van der Waals surface area contributed by atoms with Gasteiger partial charge in [-0.05, 0) is 258 Å². The maximum Gasteiger partial charge on any atom is 0.331 e. The first-order chi connectivity index (χ1) is 43.2. The molecule has 10 heteroatoms. The Balaban J connectivity index is 0.841. The Morgan fingerprint density at radius 2 is 1.61 bits per heavy atom. The van der Waals surface area contributed by atoms with E-state index in [0.717, 1.165) is 99.3 Å². The van der Waals surface area contributed by atoms with Gasteiger partial charge in [-0.3, -0.25) is 0 Å². The van der Waals surface area contributed by atoms with Crippen molar-refractivity contribution in [3.8, 4) is 11.8 Å². The van der Waals surface area contributed by atoms with Gasteiger partial charge < -0.3 is 45.1 Å². The Hall–Kier alpha value is -4.44. The molecule has 2 saturated heterocycles. The van der Waals surface area contributed by atoms with Crippen molar-refractivity contribution in [1.82, 2.24) is 5.32 Å².